The lowest BCUT2D eigenvalue weighted by Crippen LogP contribution is -2.39. The third kappa shape index (κ3) is 2.65. The van der Waals surface area contributed by atoms with Crippen LogP contribution in [0.5, 0.6) is 0 Å². The van der Waals surface area contributed by atoms with Crippen molar-refractivity contribution in [3.05, 3.63) is 35.9 Å². The number of carbonyl (C=O) groups is 1. The molecule has 1 aliphatic rings. The molecule has 0 bridgehead atoms. The lowest BCUT2D eigenvalue weighted by molar-refractivity contribution is -0.144. The number of hydrogen-bond acceptors (Lipinski definition) is 3. The Labute approximate surface area is 101 Å². The number of carboxylic acid groups (broad SMARTS) is 1. The van der Waals surface area contributed by atoms with E-state index in [0.717, 1.165) is 18.6 Å². The zero-order chi connectivity index (χ0) is 12.3. The van der Waals surface area contributed by atoms with E-state index in [9.17, 15) is 9.90 Å². The predicted molar refractivity (Wildman–Crippen MR) is 63.8 cm³/mol. The Hall–Kier alpha value is -1.39. The normalized spacial score (nSPS) is 21.6. The zero-order valence-corrected chi connectivity index (χ0v) is 9.87. The van der Waals surface area contributed by atoms with Crippen LogP contribution in [0.3, 0.4) is 0 Å². The Morgan fingerprint density at radius 1 is 1.47 bits per heavy atom. The second kappa shape index (κ2) is 5.29. The molecule has 1 aromatic rings. The van der Waals surface area contributed by atoms with Crippen LogP contribution in [0.2, 0.25) is 0 Å². The van der Waals surface area contributed by atoms with Crippen molar-refractivity contribution in [1.82, 2.24) is 4.90 Å². The fraction of sp³-hybridized carbons (Fsp3) is 0.462. The summed E-state index contributed by atoms with van der Waals surface area (Å²) in [6.07, 6.45) is 0.896. The topological polar surface area (TPSA) is 49.8 Å². The van der Waals surface area contributed by atoms with E-state index < -0.39 is 12.0 Å². The molecule has 2 unspecified atom stereocenters. The molecular weight excluding hydrogens is 218 g/mol. The minimum absolute atomic E-state index is 0.191. The van der Waals surface area contributed by atoms with Crippen LogP contribution in [-0.4, -0.2) is 42.3 Å². The number of rotatable bonds is 4. The summed E-state index contributed by atoms with van der Waals surface area (Å²) in [4.78, 5) is 13.3. The Morgan fingerprint density at radius 2 is 2.18 bits per heavy atom. The second-order valence-corrected chi connectivity index (χ2v) is 4.33. The van der Waals surface area contributed by atoms with Gasteiger partial charge in [-0.15, -0.1) is 0 Å². The van der Waals surface area contributed by atoms with Gasteiger partial charge in [0.15, 0.2) is 0 Å². The summed E-state index contributed by atoms with van der Waals surface area (Å²) in [6, 6.07) is 8.92. The smallest absolute Gasteiger partial charge is 0.325 e. The second-order valence-electron chi connectivity index (χ2n) is 4.33. The molecule has 0 aliphatic carbocycles. The van der Waals surface area contributed by atoms with E-state index in [1.165, 1.54) is 0 Å². The van der Waals surface area contributed by atoms with Gasteiger partial charge in [0.2, 0.25) is 0 Å². The van der Waals surface area contributed by atoms with Gasteiger partial charge in [0, 0.05) is 12.6 Å². The van der Waals surface area contributed by atoms with Crippen molar-refractivity contribution in [3.63, 3.8) is 0 Å². The first kappa shape index (κ1) is 12.1. The van der Waals surface area contributed by atoms with Crippen molar-refractivity contribution in [2.75, 3.05) is 20.3 Å². The molecule has 1 fully saturated rings. The van der Waals surface area contributed by atoms with Crippen molar-refractivity contribution in [2.24, 2.45) is 0 Å². The molecule has 17 heavy (non-hydrogen) atoms. The van der Waals surface area contributed by atoms with Gasteiger partial charge < -0.3 is 9.84 Å². The maximum absolute atomic E-state index is 11.4. The molecule has 0 radical (unpaired) electrons. The fourth-order valence-electron chi connectivity index (χ4n) is 2.24. The van der Waals surface area contributed by atoms with Crippen LogP contribution in [0.15, 0.2) is 30.3 Å². The van der Waals surface area contributed by atoms with Crippen LogP contribution in [0.1, 0.15) is 18.0 Å². The third-order valence-corrected chi connectivity index (χ3v) is 3.24. The number of hydrogen-bond donors (Lipinski definition) is 1. The fourth-order valence-corrected chi connectivity index (χ4v) is 2.24. The van der Waals surface area contributed by atoms with Gasteiger partial charge in [-0.2, -0.15) is 0 Å². The molecule has 1 N–H and O–H groups in total. The van der Waals surface area contributed by atoms with E-state index in [2.05, 4.69) is 0 Å². The lowest BCUT2D eigenvalue weighted by atomic mass is 10.0. The molecular formula is C13H17NO3. The largest absolute Gasteiger partial charge is 0.480 e. The average Bonchev–Trinajstić information content (AvgIpc) is 2.83. The molecule has 1 saturated heterocycles. The van der Waals surface area contributed by atoms with Crippen molar-refractivity contribution in [3.8, 4) is 0 Å². The average molecular weight is 235 g/mol. The number of ether oxygens (including phenoxy) is 1. The van der Waals surface area contributed by atoms with Crippen LogP contribution in [0, 0.1) is 0 Å². The maximum Gasteiger partial charge on any atom is 0.325 e. The quantitative estimate of drug-likeness (QED) is 0.860. The van der Waals surface area contributed by atoms with Crippen LogP contribution in [0.4, 0.5) is 0 Å². The van der Waals surface area contributed by atoms with E-state index in [4.69, 9.17) is 4.74 Å². The van der Waals surface area contributed by atoms with Gasteiger partial charge in [0.25, 0.3) is 0 Å². The standard InChI is InChI=1S/C13H17NO3/c1-14(11-7-8-17-9-11)12(13(15)16)10-5-3-2-4-6-10/h2-6,11-12H,7-9H2,1H3,(H,15,16). The minimum atomic E-state index is -0.814. The van der Waals surface area contributed by atoms with E-state index in [1.54, 1.807) is 0 Å². The number of nitrogens with zero attached hydrogens (tertiary/aromatic N) is 1. The van der Waals surface area contributed by atoms with Crippen molar-refractivity contribution < 1.29 is 14.6 Å². The highest BCUT2D eigenvalue weighted by Gasteiger charge is 2.31. The first-order chi connectivity index (χ1) is 8.20. The highest BCUT2D eigenvalue weighted by Crippen LogP contribution is 2.24. The molecule has 4 heteroatoms. The monoisotopic (exact) mass is 235 g/mol. The first-order valence-electron chi connectivity index (χ1n) is 5.77. The van der Waals surface area contributed by atoms with Gasteiger partial charge in [0.1, 0.15) is 6.04 Å². The lowest BCUT2D eigenvalue weighted by Gasteiger charge is -2.29. The van der Waals surface area contributed by atoms with Gasteiger partial charge in [0.05, 0.1) is 6.61 Å². The summed E-state index contributed by atoms with van der Waals surface area (Å²) in [5.41, 5.74) is 0.814. The molecule has 0 saturated carbocycles. The van der Waals surface area contributed by atoms with Crippen LogP contribution < -0.4 is 0 Å². The molecule has 4 nitrogen and oxygen atoms in total. The van der Waals surface area contributed by atoms with E-state index >= 15 is 0 Å². The molecule has 0 aromatic heterocycles. The van der Waals surface area contributed by atoms with Gasteiger partial charge in [-0.05, 0) is 19.0 Å². The highest BCUT2D eigenvalue weighted by molar-refractivity contribution is 5.75. The van der Waals surface area contributed by atoms with Gasteiger partial charge in [-0.3, -0.25) is 9.69 Å². The van der Waals surface area contributed by atoms with Crippen LogP contribution >= 0.6 is 0 Å². The third-order valence-electron chi connectivity index (χ3n) is 3.24. The Morgan fingerprint density at radius 3 is 2.71 bits per heavy atom. The van der Waals surface area contributed by atoms with Gasteiger partial charge in [-0.25, -0.2) is 0 Å². The minimum Gasteiger partial charge on any atom is -0.480 e. The zero-order valence-electron chi connectivity index (χ0n) is 9.87. The molecule has 0 spiro atoms. The van der Waals surface area contributed by atoms with Gasteiger partial charge >= 0.3 is 5.97 Å². The van der Waals surface area contributed by atoms with Crippen LogP contribution in [-0.2, 0) is 9.53 Å². The summed E-state index contributed by atoms with van der Waals surface area (Å²) in [6.45, 7) is 1.34. The highest BCUT2D eigenvalue weighted by atomic mass is 16.5. The molecule has 2 atom stereocenters. The summed E-state index contributed by atoms with van der Waals surface area (Å²) < 4.78 is 5.31. The molecule has 1 heterocycles. The summed E-state index contributed by atoms with van der Waals surface area (Å²) in [7, 11) is 1.85. The molecule has 92 valence electrons. The van der Waals surface area contributed by atoms with Crippen molar-refractivity contribution >= 4 is 5.97 Å². The number of carboxylic acids is 1. The Balaban J connectivity index is 2.20. The van der Waals surface area contributed by atoms with Gasteiger partial charge in [-0.1, -0.05) is 30.3 Å². The molecule has 1 aliphatic heterocycles. The SMILES string of the molecule is CN(C1CCOC1)C(C(=O)O)c1ccccc1. The number of benzene rings is 1. The summed E-state index contributed by atoms with van der Waals surface area (Å²) in [5, 5.41) is 9.37. The first-order valence-corrected chi connectivity index (χ1v) is 5.77. The molecule has 1 aromatic carbocycles. The molecule has 0 amide bonds. The van der Waals surface area contributed by atoms with Crippen LogP contribution in [0.25, 0.3) is 0 Å². The number of aliphatic carboxylic acids is 1. The predicted octanol–water partition coefficient (Wildman–Crippen LogP) is 1.53. The molecule has 2 rings (SSSR count). The van der Waals surface area contributed by atoms with E-state index in [0.29, 0.717) is 6.61 Å². The Bertz CT molecular complexity index is 374. The number of likely N-dealkylation sites (N-methyl/N-ethyl adjacent to an activating group) is 1. The van der Waals surface area contributed by atoms with E-state index in [-0.39, 0.29) is 6.04 Å². The maximum atomic E-state index is 11.4. The van der Waals surface area contributed by atoms with Crippen molar-refractivity contribution in [2.45, 2.75) is 18.5 Å². The summed E-state index contributed by atoms with van der Waals surface area (Å²) in [5.74, 6) is -0.814. The Kier molecular flexibility index (Phi) is 3.76. The summed E-state index contributed by atoms with van der Waals surface area (Å²) >= 11 is 0. The van der Waals surface area contributed by atoms with Crippen molar-refractivity contribution in [1.29, 1.82) is 0 Å². The van der Waals surface area contributed by atoms with E-state index in [1.807, 2.05) is 42.3 Å².